The van der Waals surface area contributed by atoms with Crippen molar-refractivity contribution in [3.63, 3.8) is 0 Å². The lowest BCUT2D eigenvalue weighted by Gasteiger charge is -2.36. The third-order valence-corrected chi connectivity index (χ3v) is 7.58. The van der Waals surface area contributed by atoms with E-state index in [1.54, 1.807) is 18.3 Å². The lowest BCUT2D eigenvalue weighted by Crippen LogP contribution is -2.46. The number of aryl methyl sites for hydroxylation is 1. The highest BCUT2D eigenvalue weighted by Crippen LogP contribution is 2.34. The summed E-state index contributed by atoms with van der Waals surface area (Å²) in [6.45, 7) is 7.47. The molecule has 0 saturated carbocycles. The molecular weight excluding hydrogens is 500 g/mol. The molecule has 2 saturated heterocycles. The van der Waals surface area contributed by atoms with Crippen molar-refractivity contribution in [3.8, 4) is 0 Å². The molecule has 11 heteroatoms. The van der Waals surface area contributed by atoms with Gasteiger partial charge in [-0.05, 0) is 51.3 Å². The summed E-state index contributed by atoms with van der Waals surface area (Å²) in [7, 11) is 0. The lowest BCUT2D eigenvalue weighted by molar-refractivity contribution is -0.137. The number of hydrogen-bond donors (Lipinski definition) is 1. The van der Waals surface area contributed by atoms with E-state index in [0.717, 1.165) is 5.56 Å². The van der Waals surface area contributed by atoms with Crippen LogP contribution in [-0.4, -0.2) is 67.4 Å². The van der Waals surface area contributed by atoms with Gasteiger partial charge in [0.2, 0.25) is 0 Å². The summed E-state index contributed by atoms with van der Waals surface area (Å²) in [5.41, 5.74) is 1.56. The Kier molecular flexibility index (Phi) is 8.11. The van der Waals surface area contributed by atoms with Crippen LogP contribution in [0.3, 0.4) is 0 Å². The van der Waals surface area contributed by atoms with Crippen LogP contribution >= 0.6 is 24.0 Å². The van der Waals surface area contributed by atoms with E-state index >= 15 is 0 Å². The molecule has 9 nitrogen and oxygen atoms in total. The van der Waals surface area contributed by atoms with E-state index in [1.165, 1.54) is 21.1 Å². The Morgan fingerprint density at radius 3 is 2.67 bits per heavy atom. The van der Waals surface area contributed by atoms with Gasteiger partial charge in [0, 0.05) is 32.3 Å². The first-order valence-corrected chi connectivity index (χ1v) is 13.3. The minimum atomic E-state index is -0.825. The summed E-state index contributed by atoms with van der Waals surface area (Å²) in [4.78, 5) is 46.4. The van der Waals surface area contributed by atoms with Crippen molar-refractivity contribution in [3.05, 3.63) is 44.7 Å². The molecule has 36 heavy (non-hydrogen) atoms. The molecule has 2 aliphatic rings. The van der Waals surface area contributed by atoms with Crippen molar-refractivity contribution < 1.29 is 19.4 Å². The largest absolute Gasteiger partial charge is 0.481 e. The second-order valence-electron chi connectivity index (χ2n) is 9.24. The van der Waals surface area contributed by atoms with Gasteiger partial charge in [-0.15, -0.1) is 0 Å². The molecule has 2 aromatic heterocycles. The van der Waals surface area contributed by atoms with Crippen molar-refractivity contribution in [2.45, 2.75) is 58.7 Å². The Morgan fingerprint density at radius 2 is 1.97 bits per heavy atom. The molecule has 2 atom stereocenters. The molecule has 0 aliphatic carbocycles. The Hall–Kier alpha value is -2.76. The van der Waals surface area contributed by atoms with Gasteiger partial charge in [-0.2, -0.15) is 0 Å². The summed E-state index contributed by atoms with van der Waals surface area (Å²) < 4.78 is 7.83. The van der Waals surface area contributed by atoms with Crippen molar-refractivity contribution >= 4 is 57.7 Å². The molecule has 2 fully saturated rings. The van der Waals surface area contributed by atoms with Crippen LogP contribution in [0.5, 0.6) is 0 Å². The Balaban J connectivity index is 1.68. The minimum Gasteiger partial charge on any atom is -0.481 e. The number of thiocarbonyl (C=S) groups is 1. The third kappa shape index (κ3) is 5.63. The zero-order chi connectivity index (χ0) is 26.0. The van der Waals surface area contributed by atoms with Gasteiger partial charge in [0.15, 0.2) is 0 Å². The average Bonchev–Trinajstić information content (AvgIpc) is 3.07. The predicted molar refractivity (Wildman–Crippen MR) is 144 cm³/mol. The van der Waals surface area contributed by atoms with Gasteiger partial charge in [-0.3, -0.25) is 23.7 Å². The monoisotopic (exact) mass is 530 g/mol. The van der Waals surface area contributed by atoms with Crippen LogP contribution in [0.15, 0.2) is 28.0 Å². The zero-order valence-corrected chi connectivity index (χ0v) is 22.2. The van der Waals surface area contributed by atoms with Crippen LogP contribution in [0, 0.1) is 6.92 Å². The highest BCUT2D eigenvalue weighted by atomic mass is 32.2. The third-order valence-electron chi connectivity index (χ3n) is 6.20. The maximum Gasteiger partial charge on any atom is 0.303 e. The van der Waals surface area contributed by atoms with E-state index in [9.17, 15) is 14.4 Å². The number of aromatic nitrogens is 2. The maximum atomic E-state index is 13.7. The van der Waals surface area contributed by atoms with E-state index in [4.69, 9.17) is 27.0 Å². The van der Waals surface area contributed by atoms with Crippen LogP contribution in [0.2, 0.25) is 0 Å². The number of fused-ring (bicyclic) bond motifs is 1. The van der Waals surface area contributed by atoms with Gasteiger partial charge in [-0.1, -0.05) is 36.5 Å². The first-order valence-electron chi connectivity index (χ1n) is 12.0. The number of thioether (sulfide) groups is 1. The molecule has 2 aliphatic heterocycles. The number of carbonyl (C=O) groups excluding carboxylic acids is 1. The van der Waals surface area contributed by atoms with Gasteiger partial charge in [0.1, 0.15) is 15.8 Å². The number of ether oxygens (including phenoxy) is 1. The average molecular weight is 531 g/mol. The normalized spacial score (nSPS) is 21.7. The molecule has 4 heterocycles. The van der Waals surface area contributed by atoms with E-state index in [1.807, 2.05) is 26.8 Å². The Bertz CT molecular complexity index is 1280. The smallest absolute Gasteiger partial charge is 0.303 e. The maximum absolute atomic E-state index is 13.7. The number of carbonyl (C=O) groups is 2. The molecule has 0 radical (unpaired) electrons. The fourth-order valence-electron chi connectivity index (χ4n) is 4.57. The van der Waals surface area contributed by atoms with Gasteiger partial charge >= 0.3 is 5.97 Å². The Labute approximate surface area is 219 Å². The molecule has 0 bridgehead atoms. The van der Waals surface area contributed by atoms with Crippen LogP contribution < -0.4 is 10.5 Å². The second-order valence-corrected chi connectivity index (χ2v) is 10.9. The number of unbranched alkanes of at least 4 members (excludes halogenated alkanes) is 2. The van der Waals surface area contributed by atoms with Gasteiger partial charge < -0.3 is 14.7 Å². The van der Waals surface area contributed by atoms with Gasteiger partial charge in [0.05, 0.1) is 22.7 Å². The molecule has 4 rings (SSSR count). The number of rotatable bonds is 8. The van der Waals surface area contributed by atoms with Crippen LogP contribution in [0.4, 0.5) is 5.82 Å². The number of hydrogen-bond acceptors (Lipinski definition) is 8. The SMILES string of the molecule is Cc1cccn2c(=O)c(/C=C3\SC(=S)N(CCCCCC(=O)O)C3=O)c(N3C[C@H](C)O[C@@H](C)C3)nc12. The fourth-order valence-corrected chi connectivity index (χ4v) is 5.86. The van der Waals surface area contributed by atoms with Crippen LogP contribution in [-0.2, 0) is 14.3 Å². The van der Waals surface area contributed by atoms with Crippen molar-refractivity contribution in [1.82, 2.24) is 14.3 Å². The predicted octanol–water partition coefficient (Wildman–Crippen LogP) is 3.46. The molecule has 0 unspecified atom stereocenters. The topological polar surface area (TPSA) is 104 Å². The number of morpholine rings is 1. The molecule has 1 amide bonds. The number of aliphatic carboxylic acids is 1. The number of nitrogens with zero attached hydrogens (tertiary/aromatic N) is 4. The molecule has 192 valence electrons. The number of amides is 1. The molecule has 1 N–H and O–H groups in total. The minimum absolute atomic E-state index is 0.0296. The van der Waals surface area contributed by atoms with Gasteiger partial charge in [-0.25, -0.2) is 4.98 Å². The highest BCUT2D eigenvalue weighted by Gasteiger charge is 2.33. The van der Waals surface area contributed by atoms with Crippen LogP contribution in [0.25, 0.3) is 11.7 Å². The first-order chi connectivity index (χ1) is 17.2. The fraction of sp³-hybridized carbons (Fsp3) is 0.480. The number of pyridine rings is 1. The van der Waals surface area contributed by atoms with Crippen molar-refractivity contribution in [2.24, 2.45) is 0 Å². The highest BCUT2D eigenvalue weighted by molar-refractivity contribution is 8.26. The standard InChI is InChI=1S/C25H30N4O5S2/c1-15-8-7-11-28-21(15)26-22(27-13-16(2)34-17(3)14-27)18(23(28)32)12-19-24(33)29(25(35)36-19)10-6-4-5-9-20(30)31/h7-8,11-12,16-17H,4-6,9-10,13-14H2,1-3H3,(H,30,31)/b19-12-/t16-,17-/m0/s1. The lowest BCUT2D eigenvalue weighted by atomic mass is 10.1. The van der Waals surface area contributed by atoms with Crippen molar-refractivity contribution in [1.29, 1.82) is 0 Å². The summed E-state index contributed by atoms with van der Waals surface area (Å²) in [5.74, 6) is -0.532. The summed E-state index contributed by atoms with van der Waals surface area (Å²) in [6.07, 6.45) is 5.25. The van der Waals surface area contributed by atoms with E-state index in [0.29, 0.717) is 65.2 Å². The number of anilines is 1. The first kappa shape index (κ1) is 26.3. The Morgan fingerprint density at radius 1 is 1.25 bits per heavy atom. The van der Waals surface area contributed by atoms with Crippen molar-refractivity contribution in [2.75, 3.05) is 24.5 Å². The quantitative estimate of drug-likeness (QED) is 0.312. The zero-order valence-electron chi connectivity index (χ0n) is 20.6. The molecule has 0 spiro atoms. The summed E-state index contributed by atoms with van der Waals surface area (Å²) in [6, 6.07) is 3.72. The van der Waals surface area contributed by atoms with Gasteiger partial charge in [0.25, 0.3) is 11.5 Å². The van der Waals surface area contributed by atoms with Crippen LogP contribution in [0.1, 0.15) is 50.7 Å². The van der Waals surface area contributed by atoms with E-state index in [2.05, 4.69) is 4.90 Å². The second kappa shape index (κ2) is 11.1. The molecule has 0 aromatic carbocycles. The summed E-state index contributed by atoms with van der Waals surface area (Å²) >= 11 is 6.63. The number of carboxylic acid groups (broad SMARTS) is 1. The number of carboxylic acids is 1. The van der Waals surface area contributed by atoms with E-state index in [-0.39, 0.29) is 30.1 Å². The molecule has 2 aromatic rings. The van der Waals surface area contributed by atoms with E-state index < -0.39 is 5.97 Å². The molecular formula is C25H30N4O5S2. The summed E-state index contributed by atoms with van der Waals surface area (Å²) in [5, 5.41) is 8.79.